The van der Waals surface area contributed by atoms with Crippen LogP contribution in [0.15, 0.2) is 66.1 Å². The fourth-order valence-corrected chi connectivity index (χ4v) is 8.37. The van der Waals surface area contributed by atoms with E-state index < -0.39 is 21.2 Å². The molecule has 220 valence electrons. The Morgan fingerprint density at radius 3 is 2.20 bits per heavy atom. The Bertz CT molecular complexity index is 1330. The van der Waals surface area contributed by atoms with Crippen molar-refractivity contribution in [2.24, 2.45) is 11.8 Å². The number of piperidine rings is 2. The predicted octanol–water partition coefficient (Wildman–Crippen LogP) is 5.26. The lowest BCUT2D eigenvalue weighted by molar-refractivity contribution is 0.0390. The smallest absolute Gasteiger partial charge is 0.335 e. The van der Waals surface area contributed by atoms with Crippen molar-refractivity contribution in [1.82, 2.24) is 9.80 Å². The average Bonchev–Trinajstić information content (AvgIpc) is 3.00. The summed E-state index contributed by atoms with van der Waals surface area (Å²) in [5.74, 6) is 0.701. The highest BCUT2D eigenvalue weighted by Gasteiger charge is 2.36. The molecule has 1 aliphatic carbocycles. The van der Waals surface area contributed by atoms with Crippen molar-refractivity contribution in [2.75, 3.05) is 26.2 Å². The lowest BCUT2D eigenvalue weighted by Gasteiger charge is -2.44. The minimum Gasteiger partial charge on any atom is -0.493 e. The third-order valence-electron chi connectivity index (χ3n) is 9.05. The van der Waals surface area contributed by atoms with Gasteiger partial charge in [-0.25, -0.2) is 13.2 Å². The number of carbonyl (C=O) groups excluding carboxylic acids is 1. The molecule has 41 heavy (non-hydrogen) atoms. The molecule has 3 atom stereocenters. The fourth-order valence-electron chi connectivity index (χ4n) is 6.72. The number of carbonyl (C=O) groups is 2. The standard InChI is InChI=1S/C32H40N2O6S/c1-2-30(41(38,39)28-15-11-26(12-16-28)32(36)37)33-20-17-23(18-21-33)22-40-27-13-9-25(10-14-27)31(35)34-19-5-7-24-6-3-4-8-29(24)34/h2,9-16,23-24,29-30H,1,3-8,17-22H2,(H,36,37). The summed E-state index contributed by atoms with van der Waals surface area (Å²) in [6, 6.07) is 13.2. The molecule has 2 aromatic carbocycles. The first kappa shape index (κ1) is 29.3. The van der Waals surface area contributed by atoms with Gasteiger partial charge in [0.25, 0.3) is 5.91 Å². The molecule has 2 heterocycles. The summed E-state index contributed by atoms with van der Waals surface area (Å²) in [7, 11) is -3.74. The number of carboxylic acids is 1. The largest absolute Gasteiger partial charge is 0.493 e. The molecule has 0 bridgehead atoms. The van der Waals surface area contributed by atoms with E-state index in [1.54, 1.807) is 0 Å². The first-order chi connectivity index (χ1) is 19.8. The molecule has 2 saturated heterocycles. The van der Waals surface area contributed by atoms with Crippen LogP contribution in [-0.4, -0.2) is 72.9 Å². The normalized spacial score (nSPS) is 22.9. The van der Waals surface area contributed by atoms with Crippen molar-refractivity contribution >= 4 is 21.7 Å². The lowest BCUT2D eigenvalue weighted by atomic mass is 9.78. The van der Waals surface area contributed by atoms with Crippen LogP contribution in [0, 0.1) is 11.8 Å². The SMILES string of the molecule is C=CC(N1CCC(COc2ccc(C(=O)N3CCCC4CCCCC43)cc2)CC1)S(=O)(=O)c1ccc(C(=O)O)cc1. The van der Waals surface area contributed by atoms with Crippen LogP contribution in [0.2, 0.25) is 0 Å². The Morgan fingerprint density at radius 1 is 0.902 bits per heavy atom. The van der Waals surface area contributed by atoms with Gasteiger partial charge in [0.05, 0.1) is 17.1 Å². The van der Waals surface area contributed by atoms with E-state index in [0.29, 0.717) is 37.2 Å². The van der Waals surface area contributed by atoms with E-state index in [1.807, 2.05) is 29.2 Å². The fraction of sp³-hybridized carbons (Fsp3) is 0.500. The van der Waals surface area contributed by atoms with E-state index in [1.165, 1.54) is 56.0 Å². The number of rotatable bonds is 9. The molecule has 8 nitrogen and oxygen atoms in total. The number of aromatic carboxylic acids is 1. The number of hydrogen-bond acceptors (Lipinski definition) is 6. The summed E-state index contributed by atoms with van der Waals surface area (Å²) < 4.78 is 32.6. The molecule has 5 rings (SSSR count). The van der Waals surface area contributed by atoms with Gasteiger partial charge in [0.15, 0.2) is 9.84 Å². The van der Waals surface area contributed by atoms with Crippen LogP contribution in [0.3, 0.4) is 0 Å². The maximum Gasteiger partial charge on any atom is 0.335 e. The number of nitrogens with zero attached hydrogens (tertiary/aromatic N) is 2. The molecule has 0 spiro atoms. The minimum absolute atomic E-state index is 0.0424. The van der Waals surface area contributed by atoms with Crippen LogP contribution in [0.25, 0.3) is 0 Å². The second-order valence-electron chi connectivity index (χ2n) is 11.6. The molecule has 3 unspecified atom stereocenters. The monoisotopic (exact) mass is 580 g/mol. The van der Waals surface area contributed by atoms with Crippen molar-refractivity contribution < 1.29 is 27.9 Å². The highest BCUT2D eigenvalue weighted by Crippen LogP contribution is 2.36. The van der Waals surface area contributed by atoms with Crippen molar-refractivity contribution in [3.8, 4) is 5.75 Å². The molecule has 1 N–H and O–H groups in total. The van der Waals surface area contributed by atoms with Gasteiger partial charge in [-0.2, -0.15) is 0 Å². The zero-order valence-electron chi connectivity index (χ0n) is 23.5. The van der Waals surface area contributed by atoms with Crippen LogP contribution >= 0.6 is 0 Å². The molecule has 1 saturated carbocycles. The maximum atomic E-state index is 13.3. The molecular weight excluding hydrogens is 540 g/mol. The molecule has 0 aromatic heterocycles. The van der Waals surface area contributed by atoms with Crippen molar-refractivity contribution in [3.63, 3.8) is 0 Å². The Labute approximate surface area is 242 Å². The first-order valence-electron chi connectivity index (χ1n) is 14.8. The topological polar surface area (TPSA) is 104 Å². The number of carboxylic acid groups (broad SMARTS) is 1. The summed E-state index contributed by atoms with van der Waals surface area (Å²) >= 11 is 0. The van der Waals surface area contributed by atoms with Crippen LogP contribution in [0.1, 0.15) is 72.1 Å². The Balaban J connectivity index is 1.12. The van der Waals surface area contributed by atoms with Crippen LogP contribution in [-0.2, 0) is 9.84 Å². The van der Waals surface area contributed by atoms with Crippen LogP contribution < -0.4 is 4.74 Å². The Hall–Kier alpha value is -3.17. The molecule has 0 radical (unpaired) electrons. The van der Waals surface area contributed by atoms with Crippen LogP contribution in [0.4, 0.5) is 0 Å². The van der Waals surface area contributed by atoms with Gasteiger partial charge in [0, 0.05) is 31.2 Å². The summed E-state index contributed by atoms with van der Waals surface area (Å²) in [5.41, 5.74) is 0.756. The highest BCUT2D eigenvalue weighted by molar-refractivity contribution is 7.92. The van der Waals surface area contributed by atoms with E-state index in [-0.39, 0.29) is 22.3 Å². The molecule has 9 heteroatoms. The van der Waals surface area contributed by atoms with Crippen LogP contribution in [0.5, 0.6) is 5.75 Å². The van der Waals surface area contributed by atoms with Gasteiger partial charge < -0.3 is 14.7 Å². The van der Waals surface area contributed by atoms with E-state index in [4.69, 9.17) is 9.84 Å². The lowest BCUT2D eigenvalue weighted by Crippen LogP contribution is -2.49. The Morgan fingerprint density at radius 2 is 1.54 bits per heavy atom. The van der Waals surface area contributed by atoms with Gasteiger partial charge in [-0.15, -0.1) is 6.58 Å². The zero-order chi connectivity index (χ0) is 29.0. The molecular formula is C32H40N2O6S. The van der Waals surface area contributed by atoms with Gasteiger partial charge in [0.1, 0.15) is 11.1 Å². The van der Waals surface area contributed by atoms with Gasteiger partial charge in [-0.3, -0.25) is 9.69 Å². The van der Waals surface area contributed by atoms with Gasteiger partial charge in [-0.05, 0) is 98.9 Å². The number of hydrogen-bond donors (Lipinski definition) is 1. The van der Waals surface area contributed by atoms with Gasteiger partial charge >= 0.3 is 5.97 Å². The predicted molar refractivity (Wildman–Crippen MR) is 157 cm³/mol. The average molecular weight is 581 g/mol. The quantitative estimate of drug-likeness (QED) is 0.404. The van der Waals surface area contributed by atoms with Crippen molar-refractivity contribution in [2.45, 2.75) is 67.7 Å². The molecule has 2 aromatic rings. The summed E-state index contributed by atoms with van der Waals surface area (Å²) in [6.07, 6.45) is 10.2. The number of benzene rings is 2. The van der Waals surface area contributed by atoms with Gasteiger partial charge in [-0.1, -0.05) is 18.9 Å². The van der Waals surface area contributed by atoms with E-state index in [9.17, 15) is 18.0 Å². The number of fused-ring (bicyclic) bond motifs is 1. The highest BCUT2D eigenvalue weighted by atomic mass is 32.2. The third-order valence-corrected chi connectivity index (χ3v) is 11.1. The summed E-state index contributed by atoms with van der Waals surface area (Å²) in [4.78, 5) is 28.5. The van der Waals surface area contributed by atoms with Gasteiger partial charge in [0.2, 0.25) is 0 Å². The number of ether oxygens (including phenoxy) is 1. The minimum atomic E-state index is -3.74. The first-order valence-corrected chi connectivity index (χ1v) is 16.3. The third kappa shape index (κ3) is 6.51. The van der Waals surface area contributed by atoms with E-state index in [2.05, 4.69) is 11.5 Å². The molecule has 1 amide bonds. The second kappa shape index (κ2) is 12.8. The van der Waals surface area contributed by atoms with E-state index in [0.717, 1.165) is 38.0 Å². The maximum absolute atomic E-state index is 13.3. The summed E-state index contributed by atoms with van der Waals surface area (Å²) in [5, 5.41) is 8.22. The number of amides is 1. The second-order valence-corrected chi connectivity index (χ2v) is 13.6. The van der Waals surface area contributed by atoms with Crippen molar-refractivity contribution in [1.29, 1.82) is 0 Å². The number of sulfone groups is 1. The number of likely N-dealkylation sites (tertiary alicyclic amines) is 2. The summed E-state index contributed by atoms with van der Waals surface area (Å²) in [6.45, 7) is 6.32. The molecule has 3 aliphatic rings. The van der Waals surface area contributed by atoms with E-state index >= 15 is 0 Å². The zero-order valence-corrected chi connectivity index (χ0v) is 24.3. The Kier molecular flexibility index (Phi) is 9.14. The molecule has 2 aliphatic heterocycles. The van der Waals surface area contributed by atoms with Crippen molar-refractivity contribution in [3.05, 3.63) is 72.3 Å². The molecule has 3 fully saturated rings.